The van der Waals surface area contributed by atoms with E-state index in [2.05, 4.69) is 21.2 Å². The first-order valence-electron chi connectivity index (χ1n) is 10.1. The fraction of sp³-hybridized carbons (Fsp3) is 0.348. The number of rotatable bonds is 9. The van der Waals surface area contributed by atoms with E-state index in [0.717, 1.165) is 22.5 Å². The third-order valence-corrected chi connectivity index (χ3v) is 4.54. The highest BCUT2D eigenvalue weighted by Gasteiger charge is 2.12. The lowest BCUT2D eigenvalue weighted by Crippen LogP contribution is -2.38. The summed E-state index contributed by atoms with van der Waals surface area (Å²) in [4.78, 5) is 23.8. The fourth-order valence-corrected chi connectivity index (χ4v) is 2.83. The molecule has 0 saturated heterocycles. The van der Waals surface area contributed by atoms with Gasteiger partial charge in [0.2, 0.25) is 0 Å². The molecule has 0 atom stereocenters. The molecule has 166 valence electrons. The fourth-order valence-electron chi connectivity index (χ4n) is 2.65. The molecule has 8 heteroatoms. The van der Waals surface area contributed by atoms with Gasteiger partial charge in [-0.05, 0) is 69.5 Å². The summed E-state index contributed by atoms with van der Waals surface area (Å²) in [6.07, 6.45) is 2.20. The number of benzene rings is 2. The first-order valence-corrected chi connectivity index (χ1v) is 10.5. The number of carbonyl (C=O) groups is 2. The van der Waals surface area contributed by atoms with Crippen LogP contribution in [0.5, 0.6) is 0 Å². The van der Waals surface area contributed by atoms with E-state index >= 15 is 0 Å². The minimum absolute atomic E-state index is 0.133. The van der Waals surface area contributed by atoms with Crippen molar-refractivity contribution in [1.82, 2.24) is 10.7 Å². The number of anilines is 2. The molecule has 2 amide bonds. The standard InChI is InChI=1S/C23H29ClN4O3/c1-15(2)31-11-5-10-25-22(29)23(30)28-26-14-18-13-19(24)8-9-20(18)27-21-12-16(3)6-7-17(21)4/h6-9,12-15,27H,5,10-11H2,1-4H3,(H,25,29)(H,28,30)/b26-14-. The first-order chi connectivity index (χ1) is 14.8. The number of amides is 2. The lowest BCUT2D eigenvalue weighted by molar-refractivity contribution is -0.139. The van der Waals surface area contributed by atoms with Crippen LogP contribution >= 0.6 is 11.6 Å². The Kier molecular flexibility index (Phi) is 9.49. The van der Waals surface area contributed by atoms with Crippen molar-refractivity contribution in [3.8, 4) is 0 Å². The molecule has 0 saturated carbocycles. The number of hydrogen-bond donors (Lipinski definition) is 3. The van der Waals surface area contributed by atoms with Gasteiger partial charge in [-0.25, -0.2) is 5.43 Å². The van der Waals surface area contributed by atoms with Gasteiger partial charge >= 0.3 is 11.8 Å². The molecule has 0 bridgehead atoms. The van der Waals surface area contributed by atoms with Crippen molar-refractivity contribution >= 4 is 41.0 Å². The van der Waals surface area contributed by atoms with E-state index in [1.807, 2.05) is 52.0 Å². The number of aryl methyl sites for hydroxylation is 2. The van der Waals surface area contributed by atoms with Crippen LogP contribution in [0.3, 0.4) is 0 Å². The molecule has 0 unspecified atom stereocenters. The zero-order valence-electron chi connectivity index (χ0n) is 18.3. The molecule has 2 aromatic carbocycles. The van der Waals surface area contributed by atoms with E-state index in [1.54, 1.807) is 12.1 Å². The van der Waals surface area contributed by atoms with Crippen LogP contribution < -0.4 is 16.1 Å². The summed E-state index contributed by atoms with van der Waals surface area (Å²) in [5.74, 6) is -1.59. The van der Waals surface area contributed by atoms with Crippen molar-refractivity contribution in [3.63, 3.8) is 0 Å². The number of nitrogens with zero attached hydrogens (tertiary/aromatic N) is 1. The number of halogens is 1. The van der Waals surface area contributed by atoms with Crippen LogP contribution in [0.4, 0.5) is 11.4 Å². The molecule has 31 heavy (non-hydrogen) atoms. The molecule has 0 heterocycles. The minimum atomic E-state index is -0.841. The number of hydrazone groups is 1. The van der Waals surface area contributed by atoms with Crippen molar-refractivity contribution < 1.29 is 14.3 Å². The maximum atomic E-state index is 11.9. The van der Waals surface area contributed by atoms with E-state index in [1.165, 1.54) is 6.21 Å². The second kappa shape index (κ2) is 12.1. The Morgan fingerprint density at radius 1 is 1.10 bits per heavy atom. The van der Waals surface area contributed by atoms with Gasteiger partial charge in [0.25, 0.3) is 0 Å². The molecule has 2 rings (SSSR count). The molecule has 0 aliphatic heterocycles. The SMILES string of the molecule is Cc1ccc(C)c(Nc2ccc(Cl)cc2/C=N\NC(=O)C(=O)NCCCOC(C)C)c1. The van der Waals surface area contributed by atoms with E-state index in [4.69, 9.17) is 16.3 Å². The van der Waals surface area contributed by atoms with Crippen LogP contribution in [0.15, 0.2) is 41.5 Å². The molecule has 7 nitrogen and oxygen atoms in total. The van der Waals surface area contributed by atoms with Crippen molar-refractivity contribution in [2.75, 3.05) is 18.5 Å². The van der Waals surface area contributed by atoms with Crippen LogP contribution in [0.2, 0.25) is 5.02 Å². The zero-order valence-corrected chi connectivity index (χ0v) is 19.0. The molecule has 0 aromatic heterocycles. The third kappa shape index (κ3) is 8.39. The number of ether oxygens (including phenoxy) is 1. The van der Waals surface area contributed by atoms with Gasteiger partial charge in [0.1, 0.15) is 0 Å². The summed E-state index contributed by atoms with van der Waals surface area (Å²) >= 11 is 6.12. The lowest BCUT2D eigenvalue weighted by Gasteiger charge is -2.13. The van der Waals surface area contributed by atoms with Gasteiger partial charge in [0, 0.05) is 35.1 Å². The average molecular weight is 445 g/mol. The predicted molar refractivity (Wildman–Crippen MR) is 125 cm³/mol. The topological polar surface area (TPSA) is 91.8 Å². The highest BCUT2D eigenvalue weighted by Crippen LogP contribution is 2.26. The molecule has 0 spiro atoms. The Balaban J connectivity index is 1.96. The minimum Gasteiger partial charge on any atom is -0.379 e. The van der Waals surface area contributed by atoms with E-state index < -0.39 is 11.8 Å². The monoisotopic (exact) mass is 444 g/mol. The Hall–Kier alpha value is -2.90. The van der Waals surface area contributed by atoms with Gasteiger partial charge in [-0.2, -0.15) is 5.10 Å². The summed E-state index contributed by atoms with van der Waals surface area (Å²) in [6, 6.07) is 11.4. The third-order valence-electron chi connectivity index (χ3n) is 4.31. The lowest BCUT2D eigenvalue weighted by atomic mass is 10.1. The number of nitrogens with one attached hydrogen (secondary N) is 3. The molecular weight excluding hydrogens is 416 g/mol. The second-order valence-electron chi connectivity index (χ2n) is 7.40. The van der Waals surface area contributed by atoms with Gasteiger partial charge in [-0.1, -0.05) is 23.7 Å². The van der Waals surface area contributed by atoms with Crippen molar-refractivity contribution in [2.45, 2.75) is 40.2 Å². The van der Waals surface area contributed by atoms with E-state index in [9.17, 15) is 9.59 Å². The molecular formula is C23H29ClN4O3. The summed E-state index contributed by atoms with van der Waals surface area (Å²) in [6.45, 7) is 8.77. The summed E-state index contributed by atoms with van der Waals surface area (Å²) in [5, 5.41) is 10.3. The summed E-state index contributed by atoms with van der Waals surface area (Å²) in [5.41, 5.74) is 6.85. The normalized spacial score (nSPS) is 11.0. The molecule has 0 fully saturated rings. The Morgan fingerprint density at radius 2 is 1.87 bits per heavy atom. The maximum Gasteiger partial charge on any atom is 0.329 e. The van der Waals surface area contributed by atoms with Crippen LogP contribution in [0.1, 0.15) is 37.0 Å². The zero-order chi connectivity index (χ0) is 22.8. The van der Waals surface area contributed by atoms with Gasteiger partial charge in [-0.3, -0.25) is 9.59 Å². The van der Waals surface area contributed by atoms with Crippen LogP contribution in [-0.2, 0) is 14.3 Å². The van der Waals surface area contributed by atoms with E-state index in [-0.39, 0.29) is 6.10 Å². The van der Waals surface area contributed by atoms with Crippen LogP contribution in [-0.4, -0.2) is 37.3 Å². The molecule has 0 aliphatic rings. The quantitative estimate of drug-likeness (QED) is 0.235. The highest BCUT2D eigenvalue weighted by molar-refractivity contribution is 6.35. The van der Waals surface area contributed by atoms with Crippen molar-refractivity contribution in [2.24, 2.45) is 5.10 Å². The van der Waals surface area contributed by atoms with Gasteiger partial charge in [0.05, 0.1) is 12.3 Å². The summed E-state index contributed by atoms with van der Waals surface area (Å²) < 4.78 is 5.38. The molecule has 2 aromatic rings. The molecule has 0 radical (unpaired) electrons. The Bertz CT molecular complexity index is 944. The highest BCUT2D eigenvalue weighted by atomic mass is 35.5. The molecule has 3 N–H and O–H groups in total. The summed E-state index contributed by atoms with van der Waals surface area (Å²) in [7, 11) is 0. The maximum absolute atomic E-state index is 11.9. The van der Waals surface area contributed by atoms with E-state index in [0.29, 0.717) is 30.2 Å². The van der Waals surface area contributed by atoms with Gasteiger partial charge < -0.3 is 15.4 Å². The first kappa shape index (κ1) is 24.4. The Labute approximate surface area is 188 Å². The van der Waals surface area contributed by atoms with Crippen LogP contribution in [0, 0.1) is 13.8 Å². The van der Waals surface area contributed by atoms with Crippen molar-refractivity contribution in [3.05, 3.63) is 58.1 Å². The van der Waals surface area contributed by atoms with Crippen molar-refractivity contribution in [1.29, 1.82) is 0 Å². The van der Waals surface area contributed by atoms with Crippen LogP contribution in [0.25, 0.3) is 0 Å². The average Bonchev–Trinajstić information content (AvgIpc) is 2.71. The largest absolute Gasteiger partial charge is 0.379 e. The number of carbonyl (C=O) groups excluding carboxylic acids is 2. The Morgan fingerprint density at radius 3 is 2.61 bits per heavy atom. The predicted octanol–water partition coefficient (Wildman–Crippen LogP) is 4.08. The van der Waals surface area contributed by atoms with Gasteiger partial charge in [0.15, 0.2) is 0 Å². The number of hydrogen-bond acceptors (Lipinski definition) is 5. The molecule has 0 aliphatic carbocycles. The second-order valence-corrected chi connectivity index (χ2v) is 7.84. The smallest absolute Gasteiger partial charge is 0.329 e. The van der Waals surface area contributed by atoms with Gasteiger partial charge in [-0.15, -0.1) is 0 Å².